The Hall–Kier alpha value is -2.29. The molecular formula is C16H15NO2. The van der Waals surface area contributed by atoms with E-state index in [1.54, 1.807) is 12.1 Å². The van der Waals surface area contributed by atoms with Gasteiger partial charge in [-0.15, -0.1) is 0 Å². The minimum absolute atomic E-state index is 0.0575. The first-order chi connectivity index (χ1) is 9.15. The van der Waals surface area contributed by atoms with Gasteiger partial charge < -0.3 is 10.4 Å². The Morgan fingerprint density at radius 2 is 2.05 bits per heavy atom. The van der Waals surface area contributed by atoms with Gasteiger partial charge in [0.05, 0.1) is 11.6 Å². The van der Waals surface area contributed by atoms with Crippen LogP contribution in [-0.2, 0) is 11.2 Å². The number of hydrogen-bond donors (Lipinski definition) is 2. The van der Waals surface area contributed by atoms with E-state index in [0.717, 1.165) is 17.5 Å². The number of benzene rings is 2. The molecule has 3 heteroatoms. The minimum atomic E-state index is -0.100. The molecule has 0 saturated heterocycles. The predicted octanol–water partition coefficient (Wildman–Crippen LogP) is 2.98. The lowest BCUT2D eigenvalue weighted by Gasteiger charge is -2.28. The summed E-state index contributed by atoms with van der Waals surface area (Å²) in [6.45, 7) is 1.90. The van der Waals surface area contributed by atoms with Crippen molar-refractivity contribution in [3.8, 4) is 5.75 Å². The number of carbonyl (C=O) groups excluding carboxylic acids is 1. The second kappa shape index (κ2) is 4.43. The van der Waals surface area contributed by atoms with E-state index in [9.17, 15) is 9.90 Å². The van der Waals surface area contributed by atoms with E-state index < -0.39 is 0 Å². The lowest BCUT2D eigenvalue weighted by Crippen LogP contribution is -2.30. The monoisotopic (exact) mass is 253 g/mol. The molecule has 1 aliphatic carbocycles. The number of phenolic OH excluding ortho intramolecular Hbond substituents is 1. The molecule has 0 spiro atoms. The Morgan fingerprint density at radius 1 is 1.26 bits per heavy atom. The van der Waals surface area contributed by atoms with Crippen LogP contribution in [0, 0.1) is 6.92 Å². The number of hydrogen-bond acceptors (Lipinski definition) is 2. The first-order valence-electron chi connectivity index (χ1n) is 6.33. The van der Waals surface area contributed by atoms with Crippen LogP contribution in [-0.4, -0.2) is 11.0 Å². The van der Waals surface area contributed by atoms with Gasteiger partial charge in [-0.3, -0.25) is 4.79 Å². The topological polar surface area (TPSA) is 49.3 Å². The van der Waals surface area contributed by atoms with Crippen LogP contribution < -0.4 is 5.32 Å². The molecule has 1 atom stereocenters. The molecule has 2 N–H and O–H groups in total. The number of phenols is 1. The van der Waals surface area contributed by atoms with Gasteiger partial charge in [-0.05, 0) is 42.2 Å². The van der Waals surface area contributed by atoms with Gasteiger partial charge in [0, 0.05) is 0 Å². The number of carbonyl (C=O) groups is 1. The quantitative estimate of drug-likeness (QED) is 0.808. The standard InChI is InChI=1S/C16H15NO2/c1-10-6-7-14(15(18)8-10)17-16(19)13-9-11-4-2-3-5-12(11)13/h2-8,13,18H,9H2,1H3,(H,17,19). The van der Waals surface area contributed by atoms with Gasteiger partial charge in [0.15, 0.2) is 0 Å². The van der Waals surface area contributed by atoms with Crippen LogP contribution in [0.2, 0.25) is 0 Å². The van der Waals surface area contributed by atoms with Crippen molar-refractivity contribution in [3.05, 3.63) is 59.2 Å². The van der Waals surface area contributed by atoms with Crippen molar-refractivity contribution in [1.29, 1.82) is 0 Å². The number of fused-ring (bicyclic) bond motifs is 1. The summed E-state index contributed by atoms with van der Waals surface area (Å²) >= 11 is 0. The Bertz CT molecular complexity index is 649. The normalized spacial score (nSPS) is 16.4. The number of rotatable bonds is 2. The molecule has 0 aliphatic heterocycles. The van der Waals surface area contributed by atoms with E-state index in [0.29, 0.717) is 5.69 Å². The third-order valence-corrected chi connectivity index (χ3v) is 3.58. The number of nitrogens with one attached hydrogen (secondary N) is 1. The number of amides is 1. The maximum Gasteiger partial charge on any atom is 0.232 e. The average molecular weight is 253 g/mol. The molecule has 3 rings (SSSR count). The van der Waals surface area contributed by atoms with Gasteiger partial charge >= 0.3 is 0 Å². The Kier molecular flexibility index (Phi) is 2.75. The van der Waals surface area contributed by atoms with E-state index >= 15 is 0 Å². The van der Waals surface area contributed by atoms with Crippen LogP contribution in [0.4, 0.5) is 5.69 Å². The zero-order chi connectivity index (χ0) is 13.4. The van der Waals surface area contributed by atoms with Crippen LogP contribution in [0.5, 0.6) is 5.75 Å². The lowest BCUT2D eigenvalue weighted by atomic mass is 9.77. The predicted molar refractivity (Wildman–Crippen MR) is 74.4 cm³/mol. The molecule has 96 valence electrons. The molecule has 0 bridgehead atoms. The highest BCUT2D eigenvalue weighted by Crippen LogP contribution is 2.36. The van der Waals surface area contributed by atoms with Crippen molar-refractivity contribution in [2.24, 2.45) is 0 Å². The zero-order valence-corrected chi connectivity index (χ0v) is 10.7. The van der Waals surface area contributed by atoms with E-state index in [2.05, 4.69) is 5.32 Å². The van der Waals surface area contributed by atoms with Gasteiger partial charge in [-0.1, -0.05) is 30.3 Å². The van der Waals surface area contributed by atoms with Gasteiger partial charge in [0.2, 0.25) is 5.91 Å². The maximum absolute atomic E-state index is 12.2. The second-order valence-electron chi connectivity index (χ2n) is 4.97. The van der Waals surface area contributed by atoms with E-state index in [1.807, 2.05) is 37.3 Å². The highest BCUT2D eigenvalue weighted by Gasteiger charge is 2.31. The third-order valence-electron chi connectivity index (χ3n) is 3.58. The smallest absolute Gasteiger partial charge is 0.232 e. The van der Waals surface area contributed by atoms with E-state index in [4.69, 9.17) is 0 Å². The average Bonchev–Trinajstić information content (AvgIpc) is 2.34. The minimum Gasteiger partial charge on any atom is -0.506 e. The molecule has 0 fully saturated rings. The third kappa shape index (κ3) is 2.08. The van der Waals surface area contributed by atoms with Gasteiger partial charge in [-0.25, -0.2) is 0 Å². The Morgan fingerprint density at radius 3 is 2.79 bits per heavy atom. The molecule has 19 heavy (non-hydrogen) atoms. The van der Waals surface area contributed by atoms with Crippen LogP contribution in [0.25, 0.3) is 0 Å². The van der Waals surface area contributed by atoms with Crippen LogP contribution in [0.15, 0.2) is 42.5 Å². The van der Waals surface area contributed by atoms with Crippen molar-refractivity contribution >= 4 is 11.6 Å². The summed E-state index contributed by atoms with van der Waals surface area (Å²) < 4.78 is 0. The number of aryl methyl sites for hydroxylation is 1. The van der Waals surface area contributed by atoms with Crippen molar-refractivity contribution in [2.45, 2.75) is 19.3 Å². The van der Waals surface area contributed by atoms with Crippen LogP contribution >= 0.6 is 0 Å². The SMILES string of the molecule is Cc1ccc(NC(=O)C2Cc3ccccc32)c(O)c1. The van der Waals surface area contributed by atoms with Crippen LogP contribution in [0.3, 0.4) is 0 Å². The van der Waals surface area contributed by atoms with Crippen molar-refractivity contribution in [2.75, 3.05) is 5.32 Å². The molecule has 2 aromatic rings. The highest BCUT2D eigenvalue weighted by molar-refractivity contribution is 5.98. The molecular weight excluding hydrogens is 238 g/mol. The number of aromatic hydroxyl groups is 1. The van der Waals surface area contributed by atoms with Crippen molar-refractivity contribution in [1.82, 2.24) is 0 Å². The molecule has 0 radical (unpaired) electrons. The zero-order valence-electron chi connectivity index (χ0n) is 10.7. The first kappa shape index (κ1) is 11.8. The highest BCUT2D eigenvalue weighted by atomic mass is 16.3. The first-order valence-corrected chi connectivity index (χ1v) is 6.33. The molecule has 1 aliphatic rings. The summed E-state index contributed by atoms with van der Waals surface area (Å²) in [5, 5.41) is 12.6. The summed E-state index contributed by atoms with van der Waals surface area (Å²) in [6.07, 6.45) is 0.772. The molecule has 1 unspecified atom stereocenters. The maximum atomic E-state index is 12.2. The fourth-order valence-electron chi connectivity index (χ4n) is 2.46. The van der Waals surface area contributed by atoms with Gasteiger partial charge in [-0.2, -0.15) is 0 Å². The second-order valence-corrected chi connectivity index (χ2v) is 4.97. The van der Waals surface area contributed by atoms with E-state index in [-0.39, 0.29) is 17.6 Å². The summed E-state index contributed by atoms with van der Waals surface area (Å²) in [5.41, 5.74) is 3.76. The van der Waals surface area contributed by atoms with Crippen molar-refractivity contribution < 1.29 is 9.90 Å². The van der Waals surface area contributed by atoms with Gasteiger partial charge in [0.25, 0.3) is 0 Å². The van der Waals surface area contributed by atoms with Gasteiger partial charge in [0.1, 0.15) is 5.75 Å². The largest absolute Gasteiger partial charge is 0.506 e. The fourth-order valence-corrected chi connectivity index (χ4v) is 2.46. The lowest BCUT2D eigenvalue weighted by molar-refractivity contribution is -0.118. The summed E-state index contributed by atoms with van der Waals surface area (Å²) in [6, 6.07) is 13.2. The molecule has 0 aromatic heterocycles. The molecule has 2 aromatic carbocycles. The summed E-state index contributed by atoms with van der Waals surface area (Å²) in [4.78, 5) is 12.2. The molecule has 3 nitrogen and oxygen atoms in total. The Balaban J connectivity index is 1.77. The summed E-state index contributed by atoms with van der Waals surface area (Å²) in [5.74, 6) is -0.0456. The Labute approximate surface area is 111 Å². The van der Waals surface area contributed by atoms with Crippen molar-refractivity contribution in [3.63, 3.8) is 0 Å². The molecule has 0 heterocycles. The van der Waals surface area contributed by atoms with Crippen LogP contribution in [0.1, 0.15) is 22.6 Å². The fraction of sp³-hybridized carbons (Fsp3) is 0.188. The number of anilines is 1. The molecule has 0 saturated carbocycles. The molecule has 1 amide bonds. The summed E-state index contributed by atoms with van der Waals surface area (Å²) in [7, 11) is 0. The van der Waals surface area contributed by atoms with E-state index in [1.165, 1.54) is 5.56 Å².